The van der Waals surface area contributed by atoms with Gasteiger partial charge >= 0.3 is 0 Å². The lowest BCUT2D eigenvalue weighted by atomic mass is 9.83. The molecular weight excluding hydrogens is 314 g/mol. The molecule has 1 N–H and O–H groups in total. The summed E-state index contributed by atoms with van der Waals surface area (Å²) in [4.78, 5) is 0. The average molecular weight is 327 g/mol. The molecule has 1 unspecified atom stereocenters. The highest BCUT2D eigenvalue weighted by Gasteiger charge is 2.34. The first kappa shape index (κ1) is 14.2. The standard InChI is InChI=1S/C15H13BrF2O/c1-2-15(19,11-5-3-4-6-13(11)17)12-9-10(16)7-8-14(12)18/h3-9,19H,2H2,1H3. The first-order valence-electron chi connectivity index (χ1n) is 5.92. The van der Waals surface area contributed by atoms with E-state index < -0.39 is 17.2 Å². The molecule has 0 heterocycles. The Morgan fingerprint density at radius 2 is 1.68 bits per heavy atom. The van der Waals surface area contributed by atoms with Crippen molar-refractivity contribution >= 4 is 15.9 Å². The van der Waals surface area contributed by atoms with Crippen LogP contribution in [0.25, 0.3) is 0 Å². The van der Waals surface area contributed by atoms with Crippen LogP contribution in [0, 0.1) is 11.6 Å². The van der Waals surface area contributed by atoms with Crippen LogP contribution >= 0.6 is 15.9 Å². The Morgan fingerprint density at radius 3 is 2.32 bits per heavy atom. The second-order valence-electron chi connectivity index (χ2n) is 4.32. The second-order valence-corrected chi connectivity index (χ2v) is 5.23. The average Bonchev–Trinajstić information content (AvgIpc) is 2.41. The predicted molar refractivity (Wildman–Crippen MR) is 73.8 cm³/mol. The summed E-state index contributed by atoms with van der Waals surface area (Å²) in [7, 11) is 0. The number of benzene rings is 2. The van der Waals surface area contributed by atoms with Gasteiger partial charge in [0.1, 0.15) is 17.2 Å². The zero-order valence-corrected chi connectivity index (χ0v) is 11.9. The minimum Gasteiger partial charge on any atom is -0.380 e. The molecule has 0 aliphatic carbocycles. The fourth-order valence-corrected chi connectivity index (χ4v) is 2.50. The summed E-state index contributed by atoms with van der Waals surface area (Å²) >= 11 is 3.24. The van der Waals surface area contributed by atoms with Gasteiger partial charge in [-0.1, -0.05) is 41.1 Å². The van der Waals surface area contributed by atoms with E-state index in [0.717, 1.165) is 0 Å². The van der Waals surface area contributed by atoms with Crippen molar-refractivity contribution in [2.45, 2.75) is 18.9 Å². The number of hydrogen-bond donors (Lipinski definition) is 1. The third-order valence-electron chi connectivity index (χ3n) is 3.21. The zero-order valence-electron chi connectivity index (χ0n) is 10.3. The summed E-state index contributed by atoms with van der Waals surface area (Å²) in [5.41, 5.74) is -1.54. The SMILES string of the molecule is CCC(O)(c1ccccc1F)c1cc(Br)ccc1F. The molecule has 0 amide bonds. The Labute approximate surface area is 119 Å². The monoisotopic (exact) mass is 326 g/mol. The molecule has 4 heteroatoms. The third kappa shape index (κ3) is 2.55. The quantitative estimate of drug-likeness (QED) is 0.887. The molecule has 0 radical (unpaired) electrons. The summed E-state index contributed by atoms with van der Waals surface area (Å²) in [6.45, 7) is 1.69. The van der Waals surface area contributed by atoms with E-state index in [-0.39, 0.29) is 17.5 Å². The van der Waals surface area contributed by atoms with Crippen molar-refractivity contribution in [1.29, 1.82) is 0 Å². The first-order chi connectivity index (χ1) is 8.99. The van der Waals surface area contributed by atoms with Crippen molar-refractivity contribution in [3.63, 3.8) is 0 Å². The summed E-state index contributed by atoms with van der Waals surface area (Å²) in [5, 5.41) is 10.7. The van der Waals surface area contributed by atoms with Gasteiger partial charge in [-0.3, -0.25) is 0 Å². The molecule has 19 heavy (non-hydrogen) atoms. The lowest BCUT2D eigenvalue weighted by Gasteiger charge is -2.29. The van der Waals surface area contributed by atoms with Crippen molar-refractivity contribution in [1.82, 2.24) is 0 Å². The lowest BCUT2D eigenvalue weighted by molar-refractivity contribution is 0.0686. The van der Waals surface area contributed by atoms with Gasteiger partial charge in [-0.05, 0) is 30.7 Å². The maximum atomic E-state index is 14.0. The van der Waals surface area contributed by atoms with E-state index in [1.807, 2.05) is 0 Å². The van der Waals surface area contributed by atoms with E-state index in [9.17, 15) is 13.9 Å². The Hall–Kier alpha value is -1.26. The molecule has 0 saturated heterocycles. The van der Waals surface area contributed by atoms with E-state index in [4.69, 9.17) is 0 Å². The van der Waals surface area contributed by atoms with Crippen LogP contribution in [-0.2, 0) is 5.60 Å². The highest BCUT2D eigenvalue weighted by atomic mass is 79.9. The van der Waals surface area contributed by atoms with Crippen LogP contribution in [0.5, 0.6) is 0 Å². The molecule has 0 saturated carbocycles. The molecule has 2 aromatic rings. The van der Waals surface area contributed by atoms with Crippen molar-refractivity contribution < 1.29 is 13.9 Å². The molecule has 1 nitrogen and oxygen atoms in total. The molecule has 2 rings (SSSR count). The van der Waals surface area contributed by atoms with Gasteiger partial charge in [0.05, 0.1) is 0 Å². The Morgan fingerprint density at radius 1 is 1.05 bits per heavy atom. The van der Waals surface area contributed by atoms with Crippen molar-refractivity contribution in [3.8, 4) is 0 Å². The molecular formula is C15H13BrF2O. The number of rotatable bonds is 3. The number of hydrogen-bond acceptors (Lipinski definition) is 1. The van der Waals surface area contributed by atoms with Gasteiger partial charge in [0.2, 0.25) is 0 Å². The molecule has 0 aromatic heterocycles. The number of aliphatic hydroxyl groups is 1. The van der Waals surface area contributed by atoms with E-state index >= 15 is 0 Å². The zero-order chi connectivity index (χ0) is 14.0. The molecule has 0 fully saturated rings. The van der Waals surface area contributed by atoms with Crippen LogP contribution < -0.4 is 0 Å². The summed E-state index contributed by atoms with van der Waals surface area (Å²) < 4.78 is 28.5. The van der Waals surface area contributed by atoms with E-state index in [1.54, 1.807) is 13.0 Å². The fraction of sp³-hybridized carbons (Fsp3) is 0.200. The van der Waals surface area contributed by atoms with E-state index in [0.29, 0.717) is 4.47 Å². The fourth-order valence-electron chi connectivity index (χ4n) is 2.14. The van der Waals surface area contributed by atoms with Crippen molar-refractivity contribution in [2.24, 2.45) is 0 Å². The predicted octanol–water partition coefficient (Wildman–Crippen LogP) is 4.37. The summed E-state index contributed by atoms with van der Waals surface area (Å²) in [6, 6.07) is 10.1. The Balaban J connectivity index is 2.66. The summed E-state index contributed by atoms with van der Waals surface area (Å²) in [5.74, 6) is -1.11. The van der Waals surface area contributed by atoms with E-state index in [2.05, 4.69) is 15.9 Å². The van der Waals surface area contributed by atoms with Crippen LogP contribution in [0.1, 0.15) is 24.5 Å². The molecule has 1 atom stereocenters. The maximum Gasteiger partial charge on any atom is 0.129 e. The molecule has 0 aliphatic rings. The van der Waals surface area contributed by atoms with Crippen molar-refractivity contribution in [2.75, 3.05) is 0 Å². The molecule has 0 aliphatic heterocycles. The molecule has 0 bridgehead atoms. The van der Waals surface area contributed by atoms with Gasteiger partial charge in [-0.2, -0.15) is 0 Å². The number of halogens is 3. The van der Waals surface area contributed by atoms with Gasteiger partial charge in [-0.15, -0.1) is 0 Å². The van der Waals surface area contributed by atoms with Gasteiger partial charge in [0.25, 0.3) is 0 Å². The smallest absolute Gasteiger partial charge is 0.129 e. The minimum atomic E-state index is -1.68. The third-order valence-corrected chi connectivity index (χ3v) is 3.70. The normalized spacial score (nSPS) is 14.2. The van der Waals surface area contributed by atoms with Gasteiger partial charge < -0.3 is 5.11 Å². The van der Waals surface area contributed by atoms with Gasteiger partial charge in [0.15, 0.2) is 0 Å². The maximum absolute atomic E-state index is 14.0. The highest BCUT2D eigenvalue weighted by Crippen LogP contribution is 2.36. The van der Waals surface area contributed by atoms with Crippen LogP contribution in [0.4, 0.5) is 8.78 Å². The second kappa shape index (κ2) is 5.39. The largest absolute Gasteiger partial charge is 0.380 e. The van der Waals surface area contributed by atoms with Crippen LogP contribution in [-0.4, -0.2) is 5.11 Å². The first-order valence-corrected chi connectivity index (χ1v) is 6.71. The minimum absolute atomic E-state index is 0.0643. The molecule has 100 valence electrons. The van der Waals surface area contributed by atoms with Crippen LogP contribution in [0.2, 0.25) is 0 Å². The van der Waals surface area contributed by atoms with E-state index in [1.165, 1.54) is 36.4 Å². The highest BCUT2D eigenvalue weighted by molar-refractivity contribution is 9.10. The van der Waals surface area contributed by atoms with Crippen LogP contribution in [0.15, 0.2) is 46.9 Å². The Bertz CT molecular complexity index is 600. The van der Waals surface area contributed by atoms with Crippen molar-refractivity contribution in [3.05, 3.63) is 69.7 Å². The van der Waals surface area contributed by atoms with Gasteiger partial charge in [0, 0.05) is 15.6 Å². The molecule has 2 aromatic carbocycles. The Kier molecular flexibility index (Phi) is 4.02. The van der Waals surface area contributed by atoms with Crippen LogP contribution in [0.3, 0.4) is 0 Å². The topological polar surface area (TPSA) is 20.2 Å². The molecule has 0 spiro atoms. The van der Waals surface area contributed by atoms with Gasteiger partial charge in [-0.25, -0.2) is 8.78 Å². The lowest BCUT2D eigenvalue weighted by Crippen LogP contribution is -2.29. The summed E-state index contributed by atoms with van der Waals surface area (Å²) in [6.07, 6.45) is 0.168.